The molecule has 1 heterocycles. The summed E-state index contributed by atoms with van der Waals surface area (Å²) in [5, 5.41) is 1.16. The van der Waals surface area contributed by atoms with Crippen LogP contribution in [0, 0.1) is 0 Å². The van der Waals surface area contributed by atoms with Crippen molar-refractivity contribution in [3.63, 3.8) is 0 Å². The summed E-state index contributed by atoms with van der Waals surface area (Å²) >= 11 is 0. The van der Waals surface area contributed by atoms with Crippen LogP contribution in [0.1, 0.15) is 19.0 Å². The van der Waals surface area contributed by atoms with Crippen LogP contribution in [-0.4, -0.2) is 35.9 Å². The highest BCUT2D eigenvalue weighted by atomic mass is 16.7. The number of hydrogen-bond donors (Lipinski definition) is 0. The topological polar surface area (TPSA) is 59.5 Å². The van der Waals surface area contributed by atoms with Crippen molar-refractivity contribution < 1.29 is 14.4 Å². The maximum atomic E-state index is 12.0. The SMILES string of the molecule is CCCN(OC)C(=O)C(C=O)=Cc1ccccn1. The lowest BCUT2D eigenvalue weighted by molar-refractivity contribution is -0.171. The summed E-state index contributed by atoms with van der Waals surface area (Å²) in [5.41, 5.74) is 0.574. The number of hydrogen-bond acceptors (Lipinski definition) is 4. The number of carbonyl (C=O) groups is 2. The van der Waals surface area contributed by atoms with Crippen LogP contribution in [0.5, 0.6) is 0 Å². The fourth-order valence-corrected chi connectivity index (χ4v) is 1.39. The number of hydroxylamine groups is 2. The molecule has 1 aromatic rings. The van der Waals surface area contributed by atoms with Crippen molar-refractivity contribution in [2.45, 2.75) is 13.3 Å². The average Bonchev–Trinajstić information content (AvgIpc) is 2.42. The monoisotopic (exact) mass is 248 g/mol. The molecule has 0 atom stereocenters. The fourth-order valence-electron chi connectivity index (χ4n) is 1.39. The molecular formula is C13H16N2O3. The molecule has 0 fully saturated rings. The van der Waals surface area contributed by atoms with Gasteiger partial charge in [0.05, 0.1) is 18.4 Å². The Balaban J connectivity index is 2.92. The molecule has 0 spiro atoms. The quantitative estimate of drug-likeness (QED) is 0.251. The highest BCUT2D eigenvalue weighted by molar-refractivity contribution is 6.13. The molecule has 18 heavy (non-hydrogen) atoms. The van der Waals surface area contributed by atoms with Crippen LogP contribution in [-0.2, 0) is 14.4 Å². The van der Waals surface area contributed by atoms with Gasteiger partial charge in [-0.15, -0.1) is 0 Å². The molecule has 0 unspecified atom stereocenters. The van der Waals surface area contributed by atoms with E-state index in [1.807, 2.05) is 6.92 Å². The Labute approximate surface area is 106 Å². The molecule has 1 amide bonds. The van der Waals surface area contributed by atoms with Gasteiger partial charge in [-0.25, -0.2) is 5.06 Å². The Kier molecular flexibility index (Phi) is 5.73. The summed E-state index contributed by atoms with van der Waals surface area (Å²) in [5.74, 6) is -0.458. The Bertz CT molecular complexity index is 429. The molecule has 0 bridgehead atoms. The van der Waals surface area contributed by atoms with E-state index in [9.17, 15) is 9.59 Å². The third-order valence-corrected chi connectivity index (χ3v) is 2.24. The predicted molar refractivity (Wildman–Crippen MR) is 67.3 cm³/mol. The van der Waals surface area contributed by atoms with Crippen LogP contribution in [0.3, 0.4) is 0 Å². The van der Waals surface area contributed by atoms with E-state index in [-0.39, 0.29) is 5.57 Å². The van der Waals surface area contributed by atoms with Crippen molar-refractivity contribution in [3.8, 4) is 0 Å². The molecule has 0 aliphatic rings. The van der Waals surface area contributed by atoms with E-state index in [1.54, 1.807) is 24.4 Å². The van der Waals surface area contributed by atoms with Gasteiger partial charge >= 0.3 is 0 Å². The molecule has 0 radical (unpaired) electrons. The Morgan fingerprint density at radius 3 is 2.78 bits per heavy atom. The number of aldehydes is 1. The van der Waals surface area contributed by atoms with E-state index >= 15 is 0 Å². The van der Waals surface area contributed by atoms with E-state index < -0.39 is 5.91 Å². The van der Waals surface area contributed by atoms with Crippen LogP contribution < -0.4 is 0 Å². The summed E-state index contributed by atoms with van der Waals surface area (Å²) in [6, 6.07) is 5.26. The first-order valence-electron chi connectivity index (χ1n) is 5.66. The molecule has 96 valence electrons. The molecule has 0 saturated carbocycles. The molecule has 0 aliphatic heterocycles. The molecule has 5 heteroatoms. The second-order valence-corrected chi connectivity index (χ2v) is 3.56. The van der Waals surface area contributed by atoms with Gasteiger partial charge in [-0.05, 0) is 24.6 Å². The third kappa shape index (κ3) is 3.78. The van der Waals surface area contributed by atoms with Crippen molar-refractivity contribution in [3.05, 3.63) is 35.7 Å². The first-order chi connectivity index (χ1) is 8.72. The minimum absolute atomic E-state index is 0.0176. The van der Waals surface area contributed by atoms with Gasteiger partial charge < -0.3 is 0 Å². The summed E-state index contributed by atoms with van der Waals surface area (Å²) < 4.78 is 0. The minimum Gasteiger partial charge on any atom is -0.298 e. The van der Waals surface area contributed by atoms with Crippen LogP contribution >= 0.6 is 0 Å². The molecule has 0 N–H and O–H groups in total. The molecule has 0 saturated heterocycles. The molecule has 5 nitrogen and oxygen atoms in total. The van der Waals surface area contributed by atoms with Crippen LogP contribution in [0.15, 0.2) is 30.0 Å². The molecule has 1 rings (SSSR count). The Morgan fingerprint density at radius 1 is 1.50 bits per heavy atom. The lowest BCUT2D eigenvalue weighted by atomic mass is 10.2. The number of aromatic nitrogens is 1. The van der Waals surface area contributed by atoms with Crippen molar-refractivity contribution in [2.24, 2.45) is 0 Å². The Hall–Kier alpha value is -2.01. The summed E-state index contributed by atoms with van der Waals surface area (Å²) in [6.45, 7) is 2.35. The maximum absolute atomic E-state index is 12.0. The first-order valence-corrected chi connectivity index (χ1v) is 5.66. The zero-order valence-corrected chi connectivity index (χ0v) is 10.5. The number of carbonyl (C=O) groups excluding carboxylic acids is 2. The van der Waals surface area contributed by atoms with Gasteiger partial charge in [0.2, 0.25) is 0 Å². The largest absolute Gasteiger partial charge is 0.298 e. The van der Waals surface area contributed by atoms with E-state index in [2.05, 4.69) is 4.98 Å². The number of amides is 1. The highest BCUT2D eigenvalue weighted by Gasteiger charge is 2.17. The van der Waals surface area contributed by atoms with Crippen molar-refractivity contribution >= 4 is 18.3 Å². The van der Waals surface area contributed by atoms with Gasteiger partial charge in [0, 0.05) is 12.7 Å². The van der Waals surface area contributed by atoms with Gasteiger partial charge in [0.15, 0.2) is 6.29 Å². The third-order valence-electron chi connectivity index (χ3n) is 2.24. The summed E-state index contributed by atoms with van der Waals surface area (Å²) in [4.78, 5) is 31.9. The van der Waals surface area contributed by atoms with Gasteiger partial charge in [0.1, 0.15) is 0 Å². The second kappa shape index (κ2) is 7.34. The van der Waals surface area contributed by atoms with Crippen LogP contribution in [0.25, 0.3) is 6.08 Å². The number of rotatable bonds is 6. The van der Waals surface area contributed by atoms with Crippen molar-refractivity contribution in [1.82, 2.24) is 10.0 Å². The zero-order chi connectivity index (χ0) is 13.4. The fraction of sp³-hybridized carbons (Fsp3) is 0.308. The van der Waals surface area contributed by atoms with E-state index in [4.69, 9.17) is 4.84 Å². The maximum Gasteiger partial charge on any atom is 0.280 e. The smallest absolute Gasteiger partial charge is 0.280 e. The van der Waals surface area contributed by atoms with Crippen molar-refractivity contribution in [2.75, 3.05) is 13.7 Å². The Morgan fingerprint density at radius 2 is 2.28 bits per heavy atom. The standard InChI is InChI=1S/C13H16N2O3/c1-3-8-15(18-2)13(17)11(10-16)9-12-6-4-5-7-14-12/h4-7,9-10H,3,8H2,1-2H3. The van der Waals surface area contributed by atoms with E-state index in [1.165, 1.54) is 13.2 Å². The first kappa shape index (κ1) is 14.1. The summed E-state index contributed by atoms with van der Waals surface area (Å²) in [7, 11) is 1.40. The molecule has 0 aliphatic carbocycles. The second-order valence-electron chi connectivity index (χ2n) is 3.56. The van der Waals surface area contributed by atoms with Gasteiger partial charge in [-0.2, -0.15) is 0 Å². The van der Waals surface area contributed by atoms with Crippen LogP contribution in [0.4, 0.5) is 0 Å². The van der Waals surface area contributed by atoms with Gasteiger partial charge in [0.25, 0.3) is 5.91 Å². The molecule has 1 aromatic heterocycles. The van der Waals surface area contributed by atoms with E-state index in [0.717, 1.165) is 11.5 Å². The van der Waals surface area contributed by atoms with E-state index in [0.29, 0.717) is 18.5 Å². The van der Waals surface area contributed by atoms with Gasteiger partial charge in [-0.1, -0.05) is 13.0 Å². The number of pyridine rings is 1. The van der Waals surface area contributed by atoms with Crippen molar-refractivity contribution in [1.29, 1.82) is 0 Å². The lowest BCUT2D eigenvalue weighted by Crippen LogP contribution is -2.32. The normalized spacial score (nSPS) is 11.1. The minimum atomic E-state index is -0.458. The average molecular weight is 248 g/mol. The lowest BCUT2D eigenvalue weighted by Gasteiger charge is -2.18. The number of nitrogens with zero attached hydrogens (tertiary/aromatic N) is 2. The highest BCUT2D eigenvalue weighted by Crippen LogP contribution is 2.06. The predicted octanol–water partition coefficient (Wildman–Crippen LogP) is 1.46. The summed E-state index contributed by atoms with van der Waals surface area (Å²) in [6.07, 6.45) is 4.30. The van der Waals surface area contributed by atoms with Gasteiger partial charge in [-0.3, -0.25) is 19.4 Å². The van der Waals surface area contributed by atoms with Crippen LogP contribution in [0.2, 0.25) is 0 Å². The zero-order valence-electron chi connectivity index (χ0n) is 10.5. The molecule has 0 aromatic carbocycles. The molecular weight excluding hydrogens is 232 g/mol.